The van der Waals surface area contributed by atoms with Crippen molar-refractivity contribution in [3.8, 4) is 0 Å². The van der Waals surface area contributed by atoms with E-state index in [1.54, 1.807) is 0 Å². The number of nitrogens with one attached hydrogen (secondary N) is 2. The lowest BCUT2D eigenvalue weighted by atomic mass is 9.82. The first-order valence-electron chi connectivity index (χ1n) is 5.74. The van der Waals surface area contributed by atoms with Gasteiger partial charge in [-0.3, -0.25) is 0 Å². The highest BCUT2D eigenvalue weighted by Gasteiger charge is 2.31. The second-order valence-electron chi connectivity index (χ2n) is 4.35. The summed E-state index contributed by atoms with van der Waals surface area (Å²) in [4.78, 5) is 0. The molecule has 1 heterocycles. The van der Waals surface area contributed by atoms with Crippen LogP contribution in [0.2, 0.25) is 0 Å². The molecule has 0 aromatic heterocycles. The first-order chi connectivity index (χ1) is 6.33. The predicted octanol–water partition coefficient (Wildman–Crippen LogP) is 1.77. The van der Waals surface area contributed by atoms with Crippen molar-refractivity contribution in [3.63, 3.8) is 0 Å². The molecule has 78 valence electrons. The highest BCUT2D eigenvalue weighted by molar-refractivity contribution is 4.89. The molecule has 1 atom stereocenters. The molecule has 0 amide bonds. The third-order valence-electron chi connectivity index (χ3n) is 3.04. The smallest absolute Gasteiger partial charge is 0.00205 e. The summed E-state index contributed by atoms with van der Waals surface area (Å²) in [6, 6.07) is 0. The van der Waals surface area contributed by atoms with Gasteiger partial charge in [0.25, 0.3) is 0 Å². The van der Waals surface area contributed by atoms with Gasteiger partial charge in [0, 0.05) is 13.1 Å². The van der Waals surface area contributed by atoms with Crippen molar-refractivity contribution in [2.75, 3.05) is 26.2 Å². The summed E-state index contributed by atoms with van der Waals surface area (Å²) in [6.07, 6.45) is 5.29. The van der Waals surface area contributed by atoms with Crippen molar-refractivity contribution in [1.82, 2.24) is 10.6 Å². The predicted molar refractivity (Wildman–Crippen MR) is 58.0 cm³/mol. The fraction of sp³-hybridized carbons (Fsp3) is 1.00. The molecule has 0 radical (unpaired) electrons. The maximum atomic E-state index is 3.56. The third kappa shape index (κ3) is 3.28. The van der Waals surface area contributed by atoms with E-state index in [0.717, 1.165) is 0 Å². The molecule has 0 bridgehead atoms. The molecule has 2 nitrogen and oxygen atoms in total. The molecule has 0 aromatic rings. The minimum Gasteiger partial charge on any atom is -0.316 e. The largest absolute Gasteiger partial charge is 0.316 e. The van der Waals surface area contributed by atoms with Crippen LogP contribution in [-0.4, -0.2) is 26.2 Å². The molecule has 2 heteroatoms. The third-order valence-corrected chi connectivity index (χ3v) is 3.04. The van der Waals surface area contributed by atoms with Gasteiger partial charge in [-0.1, -0.05) is 20.3 Å². The maximum Gasteiger partial charge on any atom is 0.00205 e. The van der Waals surface area contributed by atoms with E-state index in [-0.39, 0.29) is 0 Å². The van der Waals surface area contributed by atoms with Crippen LogP contribution in [0.1, 0.15) is 39.5 Å². The van der Waals surface area contributed by atoms with Crippen LogP contribution in [0.3, 0.4) is 0 Å². The van der Waals surface area contributed by atoms with E-state index >= 15 is 0 Å². The van der Waals surface area contributed by atoms with Crippen molar-refractivity contribution in [2.24, 2.45) is 5.41 Å². The Morgan fingerprint density at radius 2 is 2.15 bits per heavy atom. The van der Waals surface area contributed by atoms with E-state index in [1.165, 1.54) is 51.9 Å². The molecule has 1 saturated heterocycles. The lowest BCUT2D eigenvalue weighted by Gasteiger charge is -2.28. The molecule has 0 spiro atoms. The Labute approximate surface area is 82.5 Å². The molecular formula is C11H24N2. The van der Waals surface area contributed by atoms with Gasteiger partial charge in [-0.05, 0) is 37.8 Å². The zero-order chi connectivity index (χ0) is 9.57. The first-order valence-corrected chi connectivity index (χ1v) is 5.74. The lowest BCUT2D eigenvalue weighted by molar-refractivity contribution is 0.277. The molecule has 1 unspecified atom stereocenters. The molecule has 0 aliphatic carbocycles. The minimum atomic E-state index is 0.573. The second-order valence-corrected chi connectivity index (χ2v) is 4.35. The molecule has 1 rings (SSSR count). The topological polar surface area (TPSA) is 24.1 Å². The van der Waals surface area contributed by atoms with Crippen molar-refractivity contribution in [2.45, 2.75) is 39.5 Å². The van der Waals surface area contributed by atoms with Gasteiger partial charge in [0.1, 0.15) is 0 Å². The van der Waals surface area contributed by atoms with E-state index in [9.17, 15) is 0 Å². The lowest BCUT2D eigenvalue weighted by Crippen LogP contribution is -2.36. The van der Waals surface area contributed by atoms with E-state index in [1.807, 2.05) is 0 Å². The van der Waals surface area contributed by atoms with Gasteiger partial charge in [0.2, 0.25) is 0 Å². The van der Waals surface area contributed by atoms with Gasteiger partial charge in [-0.15, -0.1) is 0 Å². The zero-order valence-corrected chi connectivity index (χ0v) is 9.16. The van der Waals surface area contributed by atoms with E-state index in [2.05, 4.69) is 24.5 Å². The van der Waals surface area contributed by atoms with Crippen LogP contribution in [0.4, 0.5) is 0 Å². The summed E-state index contributed by atoms with van der Waals surface area (Å²) in [5.74, 6) is 0. The van der Waals surface area contributed by atoms with Crippen LogP contribution in [0.5, 0.6) is 0 Å². The Morgan fingerprint density at radius 1 is 1.31 bits per heavy atom. The monoisotopic (exact) mass is 184 g/mol. The van der Waals surface area contributed by atoms with Crippen LogP contribution in [-0.2, 0) is 0 Å². The summed E-state index contributed by atoms with van der Waals surface area (Å²) in [5, 5.41) is 7.05. The van der Waals surface area contributed by atoms with Gasteiger partial charge in [0.05, 0.1) is 0 Å². The van der Waals surface area contributed by atoms with Crippen LogP contribution < -0.4 is 10.6 Å². The second kappa shape index (κ2) is 5.61. The zero-order valence-electron chi connectivity index (χ0n) is 9.16. The average molecular weight is 184 g/mol. The van der Waals surface area contributed by atoms with Crippen molar-refractivity contribution in [1.29, 1.82) is 0 Å². The summed E-state index contributed by atoms with van der Waals surface area (Å²) in [7, 11) is 0. The number of hydrogen-bond donors (Lipinski definition) is 2. The molecule has 0 aromatic carbocycles. The number of rotatable bonds is 6. The molecule has 13 heavy (non-hydrogen) atoms. The van der Waals surface area contributed by atoms with Gasteiger partial charge in [-0.2, -0.15) is 0 Å². The Morgan fingerprint density at radius 3 is 2.69 bits per heavy atom. The van der Waals surface area contributed by atoms with E-state index < -0.39 is 0 Å². The fourth-order valence-electron chi connectivity index (χ4n) is 2.31. The Bertz CT molecular complexity index is 128. The van der Waals surface area contributed by atoms with Crippen molar-refractivity contribution < 1.29 is 0 Å². The van der Waals surface area contributed by atoms with Gasteiger partial charge in [0.15, 0.2) is 0 Å². The summed E-state index contributed by atoms with van der Waals surface area (Å²) >= 11 is 0. The standard InChI is InChI=1S/C11H24N2/c1-3-5-11(6-8-13-10-11)9-12-7-4-2/h12-13H,3-10H2,1-2H3. The molecule has 1 aliphatic rings. The van der Waals surface area contributed by atoms with E-state index in [4.69, 9.17) is 0 Å². The summed E-state index contributed by atoms with van der Waals surface area (Å²) in [5.41, 5.74) is 0.573. The van der Waals surface area contributed by atoms with Crippen molar-refractivity contribution in [3.05, 3.63) is 0 Å². The normalized spacial score (nSPS) is 28.2. The Kier molecular flexibility index (Phi) is 4.74. The fourth-order valence-corrected chi connectivity index (χ4v) is 2.31. The molecule has 1 aliphatic heterocycles. The van der Waals surface area contributed by atoms with E-state index in [0.29, 0.717) is 5.41 Å². The van der Waals surface area contributed by atoms with Crippen LogP contribution in [0.15, 0.2) is 0 Å². The van der Waals surface area contributed by atoms with Gasteiger partial charge in [-0.25, -0.2) is 0 Å². The first kappa shape index (κ1) is 11.0. The molecule has 2 N–H and O–H groups in total. The SMILES string of the molecule is CCCNCC1(CCC)CCNC1. The Balaban J connectivity index is 2.28. The molecule has 1 fully saturated rings. The summed E-state index contributed by atoms with van der Waals surface area (Å²) in [6.45, 7) is 9.34. The van der Waals surface area contributed by atoms with Crippen LogP contribution in [0.25, 0.3) is 0 Å². The average Bonchev–Trinajstić information content (AvgIpc) is 2.55. The van der Waals surface area contributed by atoms with Crippen molar-refractivity contribution >= 4 is 0 Å². The van der Waals surface area contributed by atoms with Gasteiger partial charge < -0.3 is 10.6 Å². The number of hydrogen-bond acceptors (Lipinski definition) is 2. The highest BCUT2D eigenvalue weighted by Crippen LogP contribution is 2.29. The minimum absolute atomic E-state index is 0.573. The van der Waals surface area contributed by atoms with Crippen LogP contribution >= 0.6 is 0 Å². The van der Waals surface area contributed by atoms with Crippen LogP contribution in [0, 0.1) is 5.41 Å². The quantitative estimate of drug-likeness (QED) is 0.615. The highest BCUT2D eigenvalue weighted by atomic mass is 15.0. The summed E-state index contributed by atoms with van der Waals surface area (Å²) < 4.78 is 0. The maximum absolute atomic E-state index is 3.56. The molecule has 0 saturated carbocycles. The Hall–Kier alpha value is -0.0800. The molecular weight excluding hydrogens is 160 g/mol. The van der Waals surface area contributed by atoms with Gasteiger partial charge >= 0.3 is 0 Å².